The lowest BCUT2D eigenvalue weighted by atomic mass is 9.85. The van der Waals surface area contributed by atoms with Crippen molar-refractivity contribution in [3.8, 4) is 11.5 Å². The minimum atomic E-state index is -0.698. The molecule has 0 aliphatic carbocycles. The number of amides is 1. The molecule has 1 aliphatic heterocycles. The van der Waals surface area contributed by atoms with Crippen molar-refractivity contribution >= 4 is 45.7 Å². The Morgan fingerprint density at radius 2 is 1.97 bits per heavy atom. The quantitative estimate of drug-likeness (QED) is 0.411. The first-order valence-corrected chi connectivity index (χ1v) is 11.3. The van der Waals surface area contributed by atoms with E-state index in [0.717, 1.165) is 28.0 Å². The summed E-state index contributed by atoms with van der Waals surface area (Å²) in [5.41, 5.74) is 3.27. The first-order valence-electron chi connectivity index (χ1n) is 10.9. The molecular formula is C25H24ClN5O3. The monoisotopic (exact) mass is 477 g/mol. The zero-order valence-corrected chi connectivity index (χ0v) is 19.8. The molecule has 3 heterocycles. The van der Waals surface area contributed by atoms with Crippen LogP contribution in [0.3, 0.4) is 0 Å². The van der Waals surface area contributed by atoms with Gasteiger partial charge in [0, 0.05) is 31.0 Å². The zero-order valence-electron chi connectivity index (χ0n) is 19.0. The number of ether oxygens (including phenoxy) is 1. The van der Waals surface area contributed by atoms with Crippen LogP contribution in [0.15, 0.2) is 55.0 Å². The minimum Gasteiger partial charge on any atom is -0.455 e. The number of halogens is 1. The standard InChI is InChI=1S/C25H24ClN5O3/c1-25(2)21-18(30(3)24(25)33)5-4-6-20(21)34-19-8-7-15(13-16(19)26)29-23-22-17(27-14-28-23)9-10-31(22)11-12-32/h4-10,13-14,32H,11-12H2,1-3H3,(H,27,28,29). The van der Waals surface area contributed by atoms with Crippen LogP contribution < -0.4 is 15.0 Å². The first kappa shape index (κ1) is 22.2. The predicted octanol–water partition coefficient (Wildman–Crippen LogP) is 4.87. The largest absolute Gasteiger partial charge is 0.455 e. The Morgan fingerprint density at radius 1 is 1.15 bits per heavy atom. The number of carbonyl (C=O) groups excluding carboxylic acids is 1. The van der Waals surface area contributed by atoms with E-state index in [1.165, 1.54) is 6.33 Å². The summed E-state index contributed by atoms with van der Waals surface area (Å²) in [6.45, 7) is 4.24. The van der Waals surface area contributed by atoms with Gasteiger partial charge in [-0.05, 0) is 50.2 Å². The number of benzene rings is 2. The van der Waals surface area contributed by atoms with Gasteiger partial charge in [0.05, 0.1) is 28.2 Å². The molecule has 8 nitrogen and oxygen atoms in total. The summed E-state index contributed by atoms with van der Waals surface area (Å²) in [6.07, 6.45) is 3.36. The number of fused-ring (bicyclic) bond motifs is 2. The van der Waals surface area contributed by atoms with Crippen molar-refractivity contribution in [1.29, 1.82) is 0 Å². The summed E-state index contributed by atoms with van der Waals surface area (Å²) in [5.74, 6) is 1.71. The predicted molar refractivity (Wildman–Crippen MR) is 132 cm³/mol. The van der Waals surface area contributed by atoms with Crippen molar-refractivity contribution in [2.45, 2.75) is 25.8 Å². The highest BCUT2D eigenvalue weighted by Gasteiger charge is 2.44. The number of anilines is 3. The average Bonchev–Trinajstić information content (AvgIpc) is 3.30. The van der Waals surface area contributed by atoms with E-state index in [2.05, 4.69) is 15.3 Å². The van der Waals surface area contributed by atoms with Crippen molar-refractivity contribution in [2.24, 2.45) is 0 Å². The Labute approximate surface area is 201 Å². The van der Waals surface area contributed by atoms with Crippen molar-refractivity contribution in [1.82, 2.24) is 14.5 Å². The lowest BCUT2D eigenvalue weighted by Gasteiger charge is -2.20. The molecule has 34 heavy (non-hydrogen) atoms. The number of rotatable bonds is 6. The SMILES string of the molecule is CN1C(=O)C(C)(C)c2c(Oc3ccc(Nc4ncnc5ccn(CCO)c45)cc3Cl)cccc21. The molecule has 0 unspecified atom stereocenters. The molecule has 1 amide bonds. The van der Waals surface area contributed by atoms with Crippen LogP contribution in [0.1, 0.15) is 19.4 Å². The summed E-state index contributed by atoms with van der Waals surface area (Å²) >= 11 is 6.59. The molecule has 2 N–H and O–H groups in total. The Hall–Kier alpha value is -3.62. The summed E-state index contributed by atoms with van der Waals surface area (Å²) in [6, 6.07) is 12.9. The van der Waals surface area contributed by atoms with E-state index in [-0.39, 0.29) is 12.5 Å². The molecule has 0 saturated carbocycles. The summed E-state index contributed by atoms with van der Waals surface area (Å²) in [7, 11) is 1.77. The number of aromatic nitrogens is 3. The van der Waals surface area contributed by atoms with Crippen LogP contribution in [-0.4, -0.2) is 39.2 Å². The molecule has 9 heteroatoms. The second-order valence-corrected chi connectivity index (χ2v) is 9.11. The number of nitrogens with one attached hydrogen (secondary N) is 1. The van der Waals surface area contributed by atoms with Crippen molar-refractivity contribution < 1.29 is 14.6 Å². The van der Waals surface area contributed by atoms with Gasteiger partial charge in [0.25, 0.3) is 0 Å². The molecule has 174 valence electrons. The third kappa shape index (κ3) is 3.55. The van der Waals surface area contributed by atoms with Gasteiger partial charge in [-0.25, -0.2) is 9.97 Å². The number of likely N-dealkylation sites (N-methyl/N-ethyl adjacent to an activating group) is 1. The Kier molecular flexibility index (Phi) is 5.42. The van der Waals surface area contributed by atoms with Crippen LogP contribution in [0, 0.1) is 0 Å². The molecular weight excluding hydrogens is 454 g/mol. The van der Waals surface area contributed by atoms with E-state index in [1.54, 1.807) is 24.1 Å². The molecule has 1 aliphatic rings. The fourth-order valence-electron chi connectivity index (χ4n) is 4.48. The highest BCUT2D eigenvalue weighted by Crippen LogP contribution is 2.47. The molecule has 4 aromatic rings. The van der Waals surface area contributed by atoms with E-state index in [0.29, 0.717) is 28.9 Å². The summed E-state index contributed by atoms with van der Waals surface area (Å²) in [5, 5.41) is 13.0. The highest BCUT2D eigenvalue weighted by atomic mass is 35.5. The number of aliphatic hydroxyl groups is 1. The van der Waals surface area contributed by atoms with E-state index >= 15 is 0 Å². The van der Waals surface area contributed by atoms with Crippen molar-refractivity contribution in [3.63, 3.8) is 0 Å². The van der Waals surface area contributed by atoms with Crippen LogP contribution in [0.5, 0.6) is 11.5 Å². The molecule has 2 aromatic carbocycles. The van der Waals surface area contributed by atoms with Gasteiger partial charge >= 0.3 is 0 Å². The van der Waals surface area contributed by atoms with E-state index < -0.39 is 5.41 Å². The zero-order chi connectivity index (χ0) is 24.0. The molecule has 5 rings (SSSR count). The second-order valence-electron chi connectivity index (χ2n) is 8.70. The lowest BCUT2D eigenvalue weighted by Crippen LogP contribution is -2.33. The van der Waals surface area contributed by atoms with Gasteiger partial charge in [0.1, 0.15) is 23.3 Å². The first-order chi connectivity index (χ1) is 16.3. The number of aliphatic hydroxyl groups excluding tert-OH is 1. The molecule has 0 bridgehead atoms. The molecule has 0 radical (unpaired) electrons. The number of carbonyl (C=O) groups is 1. The van der Waals surface area contributed by atoms with Gasteiger partial charge in [0.2, 0.25) is 5.91 Å². The maximum Gasteiger partial charge on any atom is 0.237 e. The number of hydrogen-bond acceptors (Lipinski definition) is 6. The lowest BCUT2D eigenvalue weighted by molar-refractivity contribution is -0.121. The highest BCUT2D eigenvalue weighted by molar-refractivity contribution is 6.32. The van der Waals surface area contributed by atoms with Crippen LogP contribution in [0.25, 0.3) is 11.0 Å². The maximum absolute atomic E-state index is 12.7. The van der Waals surface area contributed by atoms with E-state index in [9.17, 15) is 9.90 Å². The third-order valence-electron chi connectivity index (χ3n) is 6.14. The molecule has 0 spiro atoms. The number of nitrogens with zero attached hydrogens (tertiary/aromatic N) is 4. The van der Waals surface area contributed by atoms with E-state index in [4.69, 9.17) is 16.3 Å². The Bertz CT molecular complexity index is 1420. The third-order valence-corrected chi connectivity index (χ3v) is 6.43. The smallest absolute Gasteiger partial charge is 0.237 e. The van der Waals surface area contributed by atoms with Gasteiger partial charge in [-0.1, -0.05) is 17.7 Å². The second kappa shape index (κ2) is 8.30. The van der Waals surface area contributed by atoms with Gasteiger partial charge in [-0.3, -0.25) is 4.79 Å². The number of hydrogen-bond donors (Lipinski definition) is 2. The minimum absolute atomic E-state index is 0.0113. The topological polar surface area (TPSA) is 92.5 Å². The van der Waals surface area contributed by atoms with Crippen LogP contribution in [0.2, 0.25) is 5.02 Å². The fourth-order valence-corrected chi connectivity index (χ4v) is 4.70. The van der Waals surface area contributed by atoms with Crippen molar-refractivity contribution in [2.75, 3.05) is 23.9 Å². The summed E-state index contributed by atoms with van der Waals surface area (Å²) < 4.78 is 8.10. The van der Waals surface area contributed by atoms with Gasteiger partial charge in [-0.15, -0.1) is 0 Å². The Balaban J connectivity index is 1.45. The molecule has 0 fully saturated rings. The fraction of sp³-hybridized carbons (Fsp3) is 0.240. The van der Waals surface area contributed by atoms with Crippen LogP contribution in [0.4, 0.5) is 17.2 Å². The van der Waals surface area contributed by atoms with Gasteiger partial charge < -0.3 is 24.6 Å². The van der Waals surface area contributed by atoms with Crippen LogP contribution in [-0.2, 0) is 16.8 Å². The normalized spacial score (nSPS) is 14.5. The van der Waals surface area contributed by atoms with Gasteiger partial charge in [0.15, 0.2) is 5.82 Å². The Morgan fingerprint density at radius 3 is 2.74 bits per heavy atom. The van der Waals surface area contributed by atoms with Gasteiger partial charge in [-0.2, -0.15) is 0 Å². The van der Waals surface area contributed by atoms with Crippen molar-refractivity contribution in [3.05, 3.63) is 65.6 Å². The molecule has 2 aromatic heterocycles. The molecule has 0 atom stereocenters. The average molecular weight is 478 g/mol. The maximum atomic E-state index is 12.7. The van der Waals surface area contributed by atoms with Crippen LogP contribution >= 0.6 is 11.6 Å². The molecule has 0 saturated heterocycles. The van der Waals surface area contributed by atoms with E-state index in [1.807, 2.05) is 54.9 Å². The summed E-state index contributed by atoms with van der Waals surface area (Å²) in [4.78, 5) is 23.0.